The third kappa shape index (κ3) is 5.05. The molecule has 1 amide bonds. The first-order valence-electron chi connectivity index (χ1n) is 13.3. The zero-order valence-corrected chi connectivity index (χ0v) is 21.3. The van der Waals surface area contributed by atoms with E-state index in [9.17, 15) is 9.59 Å². The molecule has 1 atom stereocenters. The lowest BCUT2D eigenvalue weighted by Crippen LogP contribution is -2.38. The molecule has 8 heteroatoms. The van der Waals surface area contributed by atoms with Crippen LogP contribution in [0.5, 0.6) is 0 Å². The van der Waals surface area contributed by atoms with Gasteiger partial charge in [-0.3, -0.25) is 14.6 Å². The average Bonchev–Trinajstić information content (AvgIpc) is 3.38. The topological polar surface area (TPSA) is 106 Å². The summed E-state index contributed by atoms with van der Waals surface area (Å²) in [5, 5.41) is 4.45. The molecule has 2 N–H and O–H groups in total. The molecule has 1 aromatic carbocycles. The van der Waals surface area contributed by atoms with Gasteiger partial charge in [-0.1, -0.05) is 56.2 Å². The van der Waals surface area contributed by atoms with Crippen molar-refractivity contribution in [2.24, 2.45) is 4.99 Å². The third-order valence-electron chi connectivity index (χ3n) is 7.55. The summed E-state index contributed by atoms with van der Waals surface area (Å²) in [6, 6.07) is 10.3. The molecule has 5 rings (SSSR count). The van der Waals surface area contributed by atoms with E-state index < -0.39 is 0 Å². The van der Waals surface area contributed by atoms with Crippen molar-refractivity contribution in [3.8, 4) is 0 Å². The quantitative estimate of drug-likeness (QED) is 0.347. The number of hydrogen-bond acceptors (Lipinski definition) is 6. The monoisotopic (exact) mass is 498 g/mol. The maximum absolute atomic E-state index is 12.6. The predicted molar refractivity (Wildman–Crippen MR) is 146 cm³/mol. The molecule has 1 saturated heterocycles. The van der Waals surface area contributed by atoms with Crippen molar-refractivity contribution >= 4 is 35.4 Å². The summed E-state index contributed by atoms with van der Waals surface area (Å²) >= 11 is 0. The molecule has 3 aromatic rings. The van der Waals surface area contributed by atoms with Crippen LogP contribution < -0.4 is 5.73 Å². The molecule has 2 aliphatic heterocycles. The van der Waals surface area contributed by atoms with Crippen molar-refractivity contribution in [1.82, 2.24) is 19.5 Å². The molecule has 192 valence electrons. The van der Waals surface area contributed by atoms with Gasteiger partial charge in [-0.15, -0.1) is 0 Å². The van der Waals surface area contributed by atoms with Gasteiger partial charge < -0.3 is 10.6 Å². The number of anilines is 1. The van der Waals surface area contributed by atoms with E-state index in [1.165, 1.54) is 5.56 Å². The fourth-order valence-corrected chi connectivity index (χ4v) is 5.37. The molecule has 2 aliphatic rings. The number of carbonyl (C=O) groups is 2. The van der Waals surface area contributed by atoms with Crippen molar-refractivity contribution in [3.05, 3.63) is 65.0 Å². The molecule has 0 saturated carbocycles. The van der Waals surface area contributed by atoms with Gasteiger partial charge in [-0.05, 0) is 31.2 Å². The van der Waals surface area contributed by atoms with Crippen molar-refractivity contribution in [1.29, 1.82) is 0 Å². The summed E-state index contributed by atoms with van der Waals surface area (Å²) in [5.41, 5.74) is 11.1. The van der Waals surface area contributed by atoms with E-state index in [2.05, 4.69) is 30.2 Å². The number of aliphatic imine (C=N–C) groups is 1. The Bertz CT molecular complexity index is 1340. The first kappa shape index (κ1) is 24.9. The lowest BCUT2D eigenvalue weighted by atomic mass is 9.90. The first-order valence-corrected chi connectivity index (χ1v) is 13.3. The highest BCUT2D eigenvalue weighted by atomic mass is 16.2. The van der Waals surface area contributed by atoms with Crippen LogP contribution in [0.4, 0.5) is 5.82 Å². The number of allylic oxidation sites excluding steroid dienone is 1. The maximum Gasteiger partial charge on any atom is 0.222 e. The maximum atomic E-state index is 12.6. The Balaban J connectivity index is 1.38. The number of rotatable bonds is 8. The highest BCUT2D eigenvalue weighted by Crippen LogP contribution is 2.34. The Morgan fingerprint density at radius 1 is 1.16 bits per heavy atom. The molecular weight excluding hydrogens is 464 g/mol. The fraction of sp³-hybridized carbons (Fsp3) is 0.414. The lowest BCUT2D eigenvalue weighted by Gasteiger charge is -2.32. The standard InChI is InChI=1S/C29H34N6O2/c1-2-3-5-10-26(37)34-15-13-21(14-16-34)27-24(19-36)28(30)35-29(33-27)23(18-32-35)22-11-12-25(31-17-22)20-8-6-4-7-9-20/h4,6-9,11,17-19,21,25H,2-3,5,10,12-16,30H2,1H3. The van der Waals surface area contributed by atoms with Crippen LogP contribution >= 0.6 is 0 Å². The largest absolute Gasteiger partial charge is 0.383 e. The van der Waals surface area contributed by atoms with E-state index in [4.69, 9.17) is 15.7 Å². The van der Waals surface area contributed by atoms with E-state index in [0.29, 0.717) is 42.2 Å². The molecule has 0 bridgehead atoms. The number of nitrogens with two attached hydrogens (primary N) is 1. The Labute approximate surface area is 217 Å². The SMILES string of the molecule is CCCCCC(=O)N1CCC(c2nc3c(C4=CCC(c5ccccc5)N=C4)cnn3c(N)c2C=O)CC1. The molecule has 4 heterocycles. The molecule has 1 fully saturated rings. The van der Waals surface area contributed by atoms with E-state index in [1.54, 1.807) is 10.7 Å². The minimum absolute atomic E-state index is 0.0615. The van der Waals surface area contributed by atoms with E-state index in [-0.39, 0.29) is 17.9 Å². The number of nitrogens with zero attached hydrogens (tertiary/aromatic N) is 5. The molecule has 37 heavy (non-hydrogen) atoms. The van der Waals surface area contributed by atoms with Crippen LogP contribution in [-0.4, -0.2) is 51.0 Å². The van der Waals surface area contributed by atoms with Crippen LogP contribution in [0.25, 0.3) is 11.2 Å². The Morgan fingerprint density at radius 2 is 1.95 bits per heavy atom. The van der Waals surface area contributed by atoms with Crippen LogP contribution in [0.3, 0.4) is 0 Å². The minimum Gasteiger partial charge on any atom is -0.383 e. The van der Waals surface area contributed by atoms with Crippen LogP contribution in [0, 0.1) is 0 Å². The number of unbranched alkanes of at least 4 members (excludes halogenated alkanes) is 2. The number of hydrogen-bond donors (Lipinski definition) is 1. The second-order valence-electron chi connectivity index (χ2n) is 9.92. The summed E-state index contributed by atoms with van der Waals surface area (Å²) in [6.45, 7) is 3.48. The summed E-state index contributed by atoms with van der Waals surface area (Å²) in [6.07, 6.45) is 12.6. The van der Waals surface area contributed by atoms with Gasteiger partial charge >= 0.3 is 0 Å². The number of aromatic nitrogens is 3. The van der Waals surface area contributed by atoms with Gasteiger partial charge in [0.05, 0.1) is 23.5 Å². The van der Waals surface area contributed by atoms with Crippen LogP contribution in [0.1, 0.15) is 91.0 Å². The first-order chi connectivity index (χ1) is 18.1. The smallest absolute Gasteiger partial charge is 0.222 e. The lowest BCUT2D eigenvalue weighted by molar-refractivity contribution is -0.132. The van der Waals surface area contributed by atoms with Crippen molar-refractivity contribution < 1.29 is 9.59 Å². The van der Waals surface area contributed by atoms with Gasteiger partial charge in [0.1, 0.15) is 5.82 Å². The normalized spacial score (nSPS) is 18.2. The number of benzene rings is 1. The second kappa shape index (κ2) is 11.1. The summed E-state index contributed by atoms with van der Waals surface area (Å²) in [5.74, 6) is 0.585. The highest BCUT2D eigenvalue weighted by Gasteiger charge is 2.29. The van der Waals surface area contributed by atoms with E-state index >= 15 is 0 Å². The Morgan fingerprint density at radius 3 is 2.62 bits per heavy atom. The molecule has 1 unspecified atom stereocenters. The molecule has 0 aliphatic carbocycles. The molecule has 8 nitrogen and oxygen atoms in total. The second-order valence-corrected chi connectivity index (χ2v) is 9.92. The zero-order chi connectivity index (χ0) is 25.8. The van der Waals surface area contributed by atoms with E-state index in [0.717, 1.165) is 55.9 Å². The number of carbonyl (C=O) groups excluding carboxylic acids is 2. The molecular formula is C29H34N6O2. The van der Waals surface area contributed by atoms with Crippen LogP contribution in [-0.2, 0) is 4.79 Å². The minimum atomic E-state index is 0.0615. The number of aldehydes is 1. The van der Waals surface area contributed by atoms with E-state index in [1.807, 2.05) is 29.3 Å². The Kier molecular flexibility index (Phi) is 7.44. The van der Waals surface area contributed by atoms with Gasteiger partial charge in [0, 0.05) is 42.8 Å². The number of nitrogen functional groups attached to an aromatic ring is 1. The summed E-state index contributed by atoms with van der Waals surface area (Å²) in [4.78, 5) is 36.3. The zero-order valence-electron chi connectivity index (χ0n) is 21.3. The molecule has 2 aromatic heterocycles. The number of dihydropyridines is 1. The number of piperidine rings is 1. The summed E-state index contributed by atoms with van der Waals surface area (Å²) < 4.78 is 1.55. The summed E-state index contributed by atoms with van der Waals surface area (Å²) in [7, 11) is 0. The average molecular weight is 499 g/mol. The fourth-order valence-electron chi connectivity index (χ4n) is 5.37. The highest BCUT2D eigenvalue weighted by molar-refractivity contribution is 6.12. The molecule has 0 spiro atoms. The van der Waals surface area contributed by atoms with Crippen molar-refractivity contribution in [3.63, 3.8) is 0 Å². The van der Waals surface area contributed by atoms with Gasteiger partial charge in [-0.2, -0.15) is 9.61 Å². The van der Waals surface area contributed by atoms with Crippen LogP contribution in [0.15, 0.2) is 47.6 Å². The third-order valence-corrected chi connectivity index (χ3v) is 7.55. The van der Waals surface area contributed by atoms with Crippen molar-refractivity contribution in [2.75, 3.05) is 18.8 Å². The number of likely N-dealkylation sites (tertiary alicyclic amines) is 1. The van der Waals surface area contributed by atoms with Crippen molar-refractivity contribution in [2.45, 2.75) is 63.8 Å². The Hall–Kier alpha value is -3.81. The van der Waals surface area contributed by atoms with Gasteiger partial charge in [0.25, 0.3) is 0 Å². The van der Waals surface area contributed by atoms with Gasteiger partial charge in [0.2, 0.25) is 5.91 Å². The predicted octanol–water partition coefficient (Wildman–Crippen LogP) is 5.01. The molecule has 0 radical (unpaired) electrons. The van der Waals surface area contributed by atoms with Crippen LogP contribution in [0.2, 0.25) is 0 Å². The van der Waals surface area contributed by atoms with Gasteiger partial charge in [-0.25, -0.2) is 4.98 Å². The number of amides is 1. The van der Waals surface area contributed by atoms with Gasteiger partial charge in [0.15, 0.2) is 11.9 Å². The number of fused-ring (bicyclic) bond motifs is 1.